The Morgan fingerprint density at radius 1 is 1.04 bits per heavy atom. The monoisotopic (exact) mass is 375 g/mol. The number of hydrogen-bond acceptors (Lipinski definition) is 5. The van der Waals surface area contributed by atoms with Gasteiger partial charge in [0.15, 0.2) is 0 Å². The first kappa shape index (κ1) is 18.1. The molecule has 1 aliphatic rings. The second-order valence-electron chi connectivity index (χ2n) is 6.59. The van der Waals surface area contributed by atoms with Gasteiger partial charge in [0, 0.05) is 30.3 Å². The Labute approximate surface area is 163 Å². The summed E-state index contributed by atoms with van der Waals surface area (Å²) in [6, 6.07) is 20.4. The Morgan fingerprint density at radius 2 is 1.86 bits per heavy atom. The van der Waals surface area contributed by atoms with E-state index in [0.717, 1.165) is 25.0 Å². The summed E-state index contributed by atoms with van der Waals surface area (Å²) in [6.45, 7) is 1.33. The SMILES string of the molecule is O=C(NCC1CCCO1)c1ccc(-c2ccc(Oc3ccccc3)nn2)cc1. The van der Waals surface area contributed by atoms with Crippen LogP contribution in [0.5, 0.6) is 11.6 Å². The van der Waals surface area contributed by atoms with Gasteiger partial charge in [-0.2, -0.15) is 0 Å². The number of nitrogens with zero attached hydrogens (tertiary/aromatic N) is 2. The standard InChI is InChI=1S/C22H21N3O3/c26-22(23-15-19-7-4-14-27-19)17-10-8-16(9-11-17)20-12-13-21(25-24-20)28-18-5-2-1-3-6-18/h1-3,5-6,8-13,19H,4,7,14-15H2,(H,23,26). The zero-order chi connectivity index (χ0) is 19.2. The quantitative estimate of drug-likeness (QED) is 0.708. The highest BCUT2D eigenvalue weighted by Crippen LogP contribution is 2.22. The molecule has 6 heteroatoms. The highest BCUT2D eigenvalue weighted by molar-refractivity contribution is 5.94. The summed E-state index contributed by atoms with van der Waals surface area (Å²) in [5.74, 6) is 1.04. The summed E-state index contributed by atoms with van der Waals surface area (Å²) in [7, 11) is 0. The van der Waals surface area contributed by atoms with E-state index >= 15 is 0 Å². The van der Waals surface area contributed by atoms with Gasteiger partial charge in [-0.05, 0) is 43.2 Å². The van der Waals surface area contributed by atoms with Crippen molar-refractivity contribution in [2.24, 2.45) is 0 Å². The molecule has 1 fully saturated rings. The van der Waals surface area contributed by atoms with Crippen LogP contribution in [0.1, 0.15) is 23.2 Å². The van der Waals surface area contributed by atoms with E-state index < -0.39 is 0 Å². The van der Waals surface area contributed by atoms with E-state index in [1.54, 1.807) is 18.2 Å². The number of rotatable bonds is 6. The number of nitrogens with one attached hydrogen (secondary N) is 1. The van der Waals surface area contributed by atoms with Gasteiger partial charge in [-0.3, -0.25) is 4.79 Å². The molecule has 1 unspecified atom stereocenters. The van der Waals surface area contributed by atoms with Crippen molar-refractivity contribution in [3.63, 3.8) is 0 Å². The van der Waals surface area contributed by atoms with Crippen LogP contribution in [-0.2, 0) is 4.74 Å². The number of amides is 1. The van der Waals surface area contributed by atoms with Crippen molar-refractivity contribution >= 4 is 5.91 Å². The van der Waals surface area contributed by atoms with Gasteiger partial charge in [-0.25, -0.2) is 0 Å². The minimum absolute atomic E-state index is 0.0975. The van der Waals surface area contributed by atoms with Gasteiger partial charge in [-0.15, -0.1) is 10.2 Å². The fourth-order valence-electron chi connectivity index (χ4n) is 3.04. The fraction of sp³-hybridized carbons (Fsp3) is 0.227. The maximum Gasteiger partial charge on any atom is 0.251 e. The van der Waals surface area contributed by atoms with Crippen LogP contribution in [0.2, 0.25) is 0 Å². The van der Waals surface area contributed by atoms with E-state index in [4.69, 9.17) is 9.47 Å². The Bertz CT molecular complexity index is 906. The summed E-state index contributed by atoms with van der Waals surface area (Å²) in [5.41, 5.74) is 2.21. The second-order valence-corrected chi connectivity index (χ2v) is 6.59. The molecule has 1 amide bonds. The molecule has 1 saturated heterocycles. The van der Waals surface area contributed by atoms with Gasteiger partial charge < -0.3 is 14.8 Å². The molecule has 0 bridgehead atoms. The molecule has 2 aromatic carbocycles. The second kappa shape index (κ2) is 8.63. The van der Waals surface area contributed by atoms with Crippen LogP contribution < -0.4 is 10.1 Å². The van der Waals surface area contributed by atoms with Gasteiger partial charge in [0.05, 0.1) is 11.8 Å². The predicted octanol–water partition coefficient (Wildman–Crippen LogP) is 3.84. The molecule has 142 valence electrons. The average Bonchev–Trinajstić information content (AvgIpc) is 3.27. The van der Waals surface area contributed by atoms with Crippen molar-refractivity contribution < 1.29 is 14.3 Å². The molecular weight excluding hydrogens is 354 g/mol. The summed E-state index contributed by atoms with van der Waals surface area (Å²) >= 11 is 0. The molecule has 2 heterocycles. The van der Waals surface area contributed by atoms with Crippen molar-refractivity contribution in [2.45, 2.75) is 18.9 Å². The third kappa shape index (κ3) is 4.53. The third-order valence-corrected chi connectivity index (χ3v) is 4.56. The lowest BCUT2D eigenvalue weighted by atomic mass is 10.1. The smallest absolute Gasteiger partial charge is 0.251 e. The lowest BCUT2D eigenvalue weighted by molar-refractivity contribution is 0.0858. The predicted molar refractivity (Wildman–Crippen MR) is 105 cm³/mol. The maximum absolute atomic E-state index is 12.3. The number of carbonyl (C=O) groups excluding carboxylic acids is 1. The molecule has 1 N–H and O–H groups in total. The molecule has 0 spiro atoms. The van der Waals surface area contributed by atoms with Gasteiger partial charge in [-0.1, -0.05) is 30.3 Å². The van der Waals surface area contributed by atoms with Crippen LogP contribution in [0.3, 0.4) is 0 Å². The lowest BCUT2D eigenvalue weighted by Gasteiger charge is -2.11. The summed E-state index contributed by atoms with van der Waals surface area (Å²) in [6.07, 6.45) is 2.20. The topological polar surface area (TPSA) is 73.3 Å². The number of hydrogen-bond donors (Lipinski definition) is 1. The molecule has 0 aliphatic carbocycles. The zero-order valence-electron chi connectivity index (χ0n) is 15.4. The first-order valence-electron chi connectivity index (χ1n) is 9.35. The molecule has 3 aromatic rings. The summed E-state index contributed by atoms with van der Waals surface area (Å²) < 4.78 is 11.2. The zero-order valence-corrected chi connectivity index (χ0v) is 15.4. The molecule has 0 radical (unpaired) electrons. The van der Waals surface area contributed by atoms with Crippen molar-refractivity contribution in [1.29, 1.82) is 0 Å². The molecule has 1 atom stereocenters. The molecule has 1 aromatic heterocycles. The fourth-order valence-corrected chi connectivity index (χ4v) is 3.04. The van der Waals surface area contributed by atoms with Crippen molar-refractivity contribution in [2.75, 3.05) is 13.2 Å². The number of benzene rings is 2. The maximum atomic E-state index is 12.3. The first-order chi connectivity index (χ1) is 13.8. The molecule has 6 nitrogen and oxygen atoms in total. The van der Waals surface area contributed by atoms with E-state index in [0.29, 0.717) is 29.4 Å². The molecule has 4 rings (SSSR count). The van der Waals surface area contributed by atoms with Crippen LogP contribution >= 0.6 is 0 Å². The van der Waals surface area contributed by atoms with Crippen LogP contribution in [0, 0.1) is 0 Å². The highest BCUT2D eigenvalue weighted by Gasteiger charge is 2.16. The lowest BCUT2D eigenvalue weighted by Crippen LogP contribution is -2.31. The van der Waals surface area contributed by atoms with Crippen molar-refractivity contribution in [3.8, 4) is 22.9 Å². The minimum atomic E-state index is -0.0975. The summed E-state index contributed by atoms with van der Waals surface area (Å²) in [5, 5.41) is 11.3. The molecular formula is C22H21N3O3. The molecule has 0 saturated carbocycles. The van der Waals surface area contributed by atoms with Crippen LogP contribution in [-0.4, -0.2) is 35.4 Å². The van der Waals surface area contributed by atoms with E-state index in [1.807, 2.05) is 48.5 Å². The van der Waals surface area contributed by atoms with Gasteiger partial charge in [0.25, 0.3) is 5.91 Å². The first-order valence-corrected chi connectivity index (χ1v) is 9.35. The normalized spacial score (nSPS) is 15.9. The number of para-hydroxylation sites is 1. The van der Waals surface area contributed by atoms with Crippen LogP contribution in [0.4, 0.5) is 0 Å². The Morgan fingerprint density at radius 3 is 2.54 bits per heavy atom. The van der Waals surface area contributed by atoms with E-state index in [2.05, 4.69) is 15.5 Å². The van der Waals surface area contributed by atoms with Gasteiger partial charge in [0.2, 0.25) is 5.88 Å². The summed E-state index contributed by atoms with van der Waals surface area (Å²) in [4.78, 5) is 12.3. The number of carbonyl (C=O) groups is 1. The molecule has 1 aliphatic heterocycles. The van der Waals surface area contributed by atoms with Crippen molar-refractivity contribution in [3.05, 3.63) is 72.3 Å². The van der Waals surface area contributed by atoms with Gasteiger partial charge in [0.1, 0.15) is 5.75 Å². The highest BCUT2D eigenvalue weighted by atomic mass is 16.5. The Hall–Kier alpha value is -3.25. The van der Waals surface area contributed by atoms with E-state index in [-0.39, 0.29) is 12.0 Å². The third-order valence-electron chi connectivity index (χ3n) is 4.56. The van der Waals surface area contributed by atoms with Gasteiger partial charge >= 0.3 is 0 Å². The molecule has 28 heavy (non-hydrogen) atoms. The Kier molecular flexibility index (Phi) is 5.58. The van der Waals surface area contributed by atoms with E-state index in [1.165, 1.54) is 0 Å². The van der Waals surface area contributed by atoms with Crippen LogP contribution in [0.15, 0.2) is 66.7 Å². The number of ether oxygens (including phenoxy) is 2. The Balaban J connectivity index is 1.37. The minimum Gasteiger partial charge on any atom is -0.438 e. The average molecular weight is 375 g/mol. The largest absolute Gasteiger partial charge is 0.438 e. The van der Waals surface area contributed by atoms with Crippen LogP contribution in [0.25, 0.3) is 11.3 Å². The number of aromatic nitrogens is 2. The van der Waals surface area contributed by atoms with Crippen molar-refractivity contribution in [1.82, 2.24) is 15.5 Å². The van der Waals surface area contributed by atoms with E-state index in [9.17, 15) is 4.79 Å².